The van der Waals surface area contributed by atoms with Crippen LogP contribution in [0.4, 0.5) is 5.69 Å². The Kier molecular flexibility index (Phi) is 7.04. The molecule has 0 saturated heterocycles. The highest BCUT2D eigenvalue weighted by atomic mass is 16.5. The van der Waals surface area contributed by atoms with Crippen LogP contribution in [0.15, 0.2) is 47.3 Å². The fourth-order valence-corrected chi connectivity index (χ4v) is 3.80. The zero-order valence-electron chi connectivity index (χ0n) is 18.4. The van der Waals surface area contributed by atoms with Gasteiger partial charge in [0.1, 0.15) is 17.3 Å². The molecule has 0 bridgehead atoms. The van der Waals surface area contributed by atoms with Gasteiger partial charge in [0.25, 0.3) is 11.5 Å². The molecule has 0 radical (unpaired) electrons. The smallest absolute Gasteiger partial charge is 0.262 e. The van der Waals surface area contributed by atoms with E-state index < -0.39 is 0 Å². The van der Waals surface area contributed by atoms with Crippen molar-refractivity contribution in [1.29, 1.82) is 0 Å². The van der Waals surface area contributed by atoms with E-state index in [1.54, 1.807) is 34.9 Å². The van der Waals surface area contributed by atoms with Gasteiger partial charge in [0.2, 0.25) is 0 Å². The van der Waals surface area contributed by atoms with Crippen LogP contribution in [-0.2, 0) is 17.8 Å². The van der Waals surface area contributed by atoms with Crippen LogP contribution in [0, 0.1) is 0 Å². The van der Waals surface area contributed by atoms with Gasteiger partial charge in [-0.25, -0.2) is 4.98 Å². The fourth-order valence-electron chi connectivity index (χ4n) is 3.80. The van der Waals surface area contributed by atoms with Gasteiger partial charge in [-0.05, 0) is 61.7 Å². The van der Waals surface area contributed by atoms with Crippen LogP contribution in [0.25, 0.3) is 10.9 Å². The lowest BCUT2D eigenvalue weighted by molar-refractivity contribution is -0.118. The number of aromatic nitrogens is 2. The third-order valence-corrected chi connectivity index (χ3v) is 5.56. The van der Waals surface area contributed by atoms with E-state index in [0.717, 1.165) is 50.1 Å². The molecule has 0 atom stereocenters. The van der Waals surface area contributed by atoms with E-state index in [4.69, 9.17) is 9.47 Å². The minimum Gasteiger partial charge on any atom is -0.494 e. The van der Waals surface area contributed by atoms with E-state index >= 15 is 0 Å². The standard InChI is InChI=1S/C25H29N3O4/c1-2-3-15-31-19-10-8-18(9-11-19)26-24(29)17-32-20-12-13-22-21(16-20)25(30)28-14-6-4-5-7-23(28)27-22/h8-13,16H,2-7,14-15,17H2,1H3,(H,26,29). The van der Waals surface area contributed by atoms with Gasteiger partial charge in [-0.15, -0.1) is 0 Å². The second-order valence-electron chi connectivity index (χ2n) is 8.04. The van der Waals surface area contributed by atoms with Crippen molar-refractivity contribution < 1.29 is 14.3 Å². The van der Waals surface area contributed by atoms with Crippen molar-refractivity contribution in [3.05, 3.63) is 58.6 Å². The number of nitrogens with zero attached hydrogens (tertiary/aromatic N) is 2. The Hall–Kier alpha value is -3.35. The number of rotatable bonds is 8. The number of amides is 1. The predicted molar refractivity (Wildman–Crippen MR) is 125 cm³/mol. The largest absolute Gasteiger partial charge is 0.494 e. The summed E-state index contributed by atoms with van der Waals surface area (Å²) in [6, 6.07) is 12.5. The number of fused-ring (bicyclic) bond motifs is 2. The van der Waals surface area contributed by atoms with Crippen LogP contribution in [0.5, 0.6) is 11.5 Å². The third-order valence-electron chi connectivity index (χ3n) is 5.56. The van der Waals surface area contributed by atoms with Gasteiger partial charge < -0.3 is 14.8 Å². The first-order valence-electron chi connectivity index (χ1n) is 11.3. The molecular formula is C25H29N3O4. The number of nitrogens with one attached hydrogen (secondary N) is 1. The van der Waals surface area contributed by atoms with Crippen LogP contribution in [-0.4, -0.2) is 28.7 Å². The van der Waals surface area contributed by atoms with Crippen molar-refractivity contribution in [3.63, 3.8) is 0 Å². The molecule has 2 aromatic carbocycles. The first kappa shape index (κ1) is 21.9. The van der Waals surface area contributed by atoms with Crippen molar-refractivity contribution in [2.24, 2.45) is 0 Å². The Morgan fingerprint density at radius 3 is 2.69 bits per heavy atom. The average Bonchev–Trinajstić information content (AvgIpc) is 3.05. The van der Waals surface area contributed by atoms with Crippen LogP contribution >= 0.6 is 0 Å². The molecule has 1 aliphatic rings. The van der Waals surface area contributed by atoms with Gasteiger partial charge in [0, 0.05) is 18.7 Å². The summed E-state index contributed by atoms with van der Waals surface area (Å²) in [5.41, 5.74) is 1.30. The van der Waals surface area contributed by atoms with E-state index in [9.17, 15) is 9.59 Å². The molecule has 0 spiro atoms. The van der Waals surface area contributed by atoms with Crippen molar-refractivity contribution in [2.75, 3.05) is 18.5 Å². The Balaban J connectivity index is 1.38. The molecule has 1 aliphatic heterocycles. The number of ether oxygens (including phenoxy) is 2. The molecule has 0 unspecified atom stereocenters. The lowest BCUT2D eigenvalue weighted by Crippen LogP contribution is -2.24. The van der Waals surface area contributed by atoms with Crippen molar-refractivity contribution >= 4 is 22.5 Å². The highest BCUT2D eigenvalue weighted by Crippen LogP contribution is 2.20. The van der Waals surface area contributed by atoms with E-state index in [0.29, 0.717) is 35.5 Å². The minimum atomic E-state index is -0.276. The lowest BCUT2D eigenvalue weighted by atomic mass is 10.2. The molecular weight excluding hydrogens is 406 g/mol. The number of aryl methyl sites for hydroxylation is 1. The topological polar surface area (TPSA) is 82.4 Å². The second kappa shape index (κ2) is 10.3. The van der Waals surface area contributed by atoms with Gasteiger partial charge in [0.05, 0.1) is 17.5 Å². The number of hydrogen-bond acceptors (Lipinski definition) is 5. The van der Waals surface area contributed by atoms with Crippen LogP contribution < -0.4 is 20.3 Å². The Bertz CT molecular complexity index is 1140. The molecule has 0 fully saturated rings. The molecule has 1 amide bonds. The maximum absolute atomic E-state index is 12.9. The molecule has 0 saturated carbocycles. The highest BCUT2D eigenvalue weighted by molar-refractivity contribution is 5.92. The number of carbonyl (C=O) groups is 1. The van der Waals surface area contributed by atoms with Crippen molar-refractivity contribution in [2.45, 2.75) is 52.0 Å². The molecule has 7 heteroatoms. The summed E-state index contributed by atoms with van der Waals surface area (Å²) in [6.45, 7) is 3.35. The summed E-state index contributed by atoms with van der Waals surface area (Å²) in [7, 11) is 0. The van der Waals surface area contributed by atoms with Crippen molar-refractivity contribution in [3.8, 4) is 11.5 Å². The maximum Gasteiger partial charge on any atom is 0.262 e. The van der Waals surface area contributed by atoms with Gasteiger partial charge in [-0.3, -0.25) is 14.2 Å². The first-order chi connectivity index (χ1) is 15.6. The van der Waals surface area contributed by atoms with Crippen LogP contribution in [0.2, 0.25) is 0 Å². The summed E-state index contributed by atoms with van der Waals surface area (Å²) in [6.07, 6.45) is 6.08. The number of unbranched alkanes of at least 4 members (excludes halogenated alkanes) is 1. The Morgan fingerprint density at radius 1 is 1.06 bits per heavy atom. The second-order valence-corrected chi connectivity index (χ2v) is 8.04. The van der Waals surface area contributed by atoms with Gasteiger partial charge in [-0.2, -0.15) is 0 Å². The molecule has 4 rings (SSSR count). The van der Waals surface area contributed by atoms with E-state index in [1.165, 1.54) is 0 Å². The molecule has 0 aliphatic carbocycles. The summed E-state index contributed by atoms with van der Waals surface area (Å²) in [5.74, 6) is 1.83. The maximum atomic E-state index is 12.9. The molecule has 168 valence electrons. The molecule has 7 nitrogen and oxygen atoms in total. The molecule has 1 aromatic heterocycles. The average molecular weight is 436 g/mol. The quantitative estimate of drug-likeness (QED) is 0.533. The van der Waals surface area contributed by atoms with Crippen LogP contribution in [0.3, 0.4) is 0 Å². The first-order valence-corrected chi connectivity index (χ1v) is 11.3. The van der Waals surface area contributed by atoms with Crippen LogP contribution in [0.1, 0.15) is 44.9 Å². The van der Waals surface area contributed by atoms with E-state index in [2.05, 4.69) is 17.2 Å². The molecule has 2 heterocycles. The van der Waals surface area contributed by atoms with Crippen molar-refractivity contribution in [1.82, 2.24) is 9.55 Å². The zero-order chi connectivity index (χ0) is 22.3. The fraction of sp³-hybridized carbons (Fsp3) is 0.400. The summed E-state index contributed by atoms with van der Waals surface area (Å²) in [4.78, 5) is 29.9. The monoisotopic (exact) mass is 435 g/mol. The van der Waals surface area contributed by atoms with Gasteiger partial charge >= 0.3 is 0 Å². The molecule has 1 N–H and O–H groups in total. The SMILES string of the molecule is CCCCOc1ccc(NC(=O)COc2ccc3nc4n(c(=O)c3c2)CCCCC4)cc1. The number of carbonyl (C=O) groups excluding carboxylic acids is 1. The van der Waals surface area contributed by atoms with E-state index in [1.807, 2.05) is 12.1 Å². The highest BCUT2D eigenvalue weighted by Gasteiger charge is 2.14. The van der Waals surface area contributed by atoms with Gasteiger partial charge in [-0.1, -0.05) is 19.8 Å². The van der Waals surface area contributed by atoms with E-state index in [-0.39, 0.29) is 18.1 Å². The summed E-state index contributed by atoms with van der Waals surface area (Å²) in [5, 5.41) is 3.33. The molecule has 32 heavy (non-hydrogen) atoms. The summed E-state index contributed by atoms with van der Waals surface area (Å²) >= 11 is 0. The predicted octanol–water partition coefficient (Wildman–Crippen LogP) is 4.32. The minimum absolute atomic E-state index is 0.0388. The zero-order valence-corrected chi connectivity index (χ0v) is 18.4. The Labute approximate surface area is 187 Å². The molecule has 3 aromatic rings. The van der Waals surface area contributed by atoms with Gasteiger partial charge in [0.15, 0.2) is 6.61 Å². The number of benzene rings is 2. The third kappa shape index (κ3) is 5.28. The number of anilines is 1. The number of hydrogen-bond donors (Lipinski definition) is 1. The normalized spacial score (nSPS) is 13.3. The summed E-state index contributed by atoms with van der Waals surface area (Å²) < 4.78 is 13.1. The Morgan fingerprint density at radius 2 is 1.88 bits per heavy atom. The lowest BCUT2D eigenvalue weighted by Gasteiger charge is -2.12.